The van der Waals surface area contributed by atoms with Crippen molar-refractivity contribution < 1.29 is 31.9 Å². The molecule has 0 spiro atoms. The van der Waals surface area contributed by atoms with Crippen molar-refractivity contribution in [1.82, 2.24) is 0 Å². The molecule has 0 saturated heterocycles. The Morgan fingerprint density at radius 2 is 1.50 bits per heavy atom. The first kappa shape index (κ1) is 14.1. The fourth-order valence-corrected chi connectivity index (χ4v) is 1.40. The molecule has 1 rings (SSSR count). The van der Waals surface area contributed by atoms with E-state index in [9.17, 15) is 27.2 Å². The van der Waals surface area contributed by atoms with E-state index in [0.717, 1.165) is 6.92 Å². The zero-order valence-electron chi connectivity index (χ0n) is 9.44. The molecule has 0 atom stereocenters. The Morgan fingerprint density at radius 3 is 1.94 bits per heavy atom. The van der Waals surface area contributed by atoms with E-state index in [1.165, 1.54) is 6.92 Å². The number of hydrogen-bond acceptors (Lipinski definition) is 3. The molecule has 0 aliphatic rings. The van der Waals surface area contributed by atoms with Crippen molar-refractivity contribution in [3.63, 3.8) is 0 Å². The lowest BCUT2D eigenvalue weighted by molar-refractivity contribution is -0.135. The van der Waals surface area contributed by atoms with Crippen molar-refractivity contribution in [1.29, 1.82) is 0 Å². The molecule has 0 unspecified atom stereocenters. The minimum atomic E-state index is -2.12. The van der Waals surface area contributed by atoms with E-state index in [-0.39, 0.29) is 6.42 Å². The van der Waals surface area contributed by atoms with Crippen LogP contribution in [0.5, 0.6) is 0 Å². The molecule has 7 heteroatoms. The topological polar surface area (TPSA) is 43.4 Å². The third-order valence-corrected chi connectivity index (χ3v) is 2.16. The minimum absolute atomic E-state index is 0.276. The maximum Gasteiger partial charge on any atom is 0.349 e. The van der Waals surface area contributed by atoms with Crippen LogP contribution in [0, 0.1) is 23.3 Å². The van der Waals surface area contributed by atoms with Crippen LogP contribution in [0.25, 0.3) is 0 Å². The Kier molecular flexibility index (Phi) is 4.05. The summed E-state index contributed by atoms with van der Waals surface area (Å²) in [4.78, 5) is 21.9. The van der Waals surface area contributed by atoms with Crippen LogP contribution in [0.2, 0.25) is 0 Å². The van der Waals surface area contributed by atoms with Crippen molar-refractivity contribution in [2.24, 2.45) is 0 Å². The average Bonchev–Trinajstić information content (AvgIpc) is 2.29. The van der Waals surface area contributed by atoms with Gasteiger partial charge >= 0.3 is 11.9 Å². The quantitative estimate of drug-likeness (QED) is 0.271. The highest BCUT2D eigenvalue weighted by atomic mass is 19.2. The summed E-state index contributed by atoms with van der Waals surface area (Å²) in [5.41, 5.74) is -1.79. The standard InChI is InChI=1S/C11H8F4O3/c1-3-5-6(11(17)18-4(2)16)8(13)10(15)9(14)7(5)12/h3H2,1-2H3. The molecule has 0 aliphatic carbocycles. The van der Waals surface area contributed by atoms with Gasteiger partial charge in [0.05, 0.1) is 0 Å². The molecule has 0 aliphatic heterocycles. The normalized spacial score (nSPS) is 10.3. The highest BCUT2D eigenvalue weighted by molar-refractivity contribution is 5.97. The third kappa shape index (κ3) is 2.34. The molecular weight excluding hydrogens is 256 g/mol. The molecule has 0 amide bonds. The average molecular weight is 264 g/mol. The molecule has 0 aromatic heterocycles. The lowest BCUT2D eigenvalue weighted by atomic mass is 10.0. The Hall–Kier alpha value is -1.92. The lowest BCUT2D eigenvalue weighted by Gasteiger charge is -2.10. The summed E-state index contributed by atoms with van der Waals surface area (Å²) in [6, 6.07) is 0. The predicted molar refractivity (Wildman–Crippen MR) is 51.7 cm³/mol. The van der Waals surface area contributed by atoms with Crippen LogP contribution in [0.3, 0.4) is 0 Å². The van der Waals surface area contributed by atoms with Gasteiger partial charge in [-0.25, -0.2) is 22.4 Å². The van der Waals surface area contributed by atoms with Gasteiger partial charge in [0.2, 0.25) is 0 Å². The molecule has 0 bridgehead atoms. The number of esters is 2. The Labute approximate surface area is 99.4 Å². The Balaban J connectivity index is 3.51. The van der Waals surface area contributed by atoms with Crippen molar-refractivity contribution in [2.45, 2.75) is 20.3 Å². The molecule has 0 N–H and O–H groups in total. The number of halogens is 4. The molecule has 0 saturated carbocycles. The van der Waals surface area contributed by atoms with Gasteiger partial charge in [-0.2, -0.15) is 0 Å². The molecule has 0 fully saturated rings. The zero-order valence-corrected chi connectivity index (χ0v) is 9.44. The molecule has 0 heterocycles. The van der Waals surface area contributed by atoms with E-state index in [0.29, 0.717) is 0 Å². The lowest BCUT2D eigenvalue weighted by Crippen LogP contribution is -2.17. The van der Waals surface area contributed by atoms with E-state index in [1.807, 2.05) is 0 Å². The first-order chi connectivity index (χ1) is 8.31. The highest BCUT2D eigenvalue weighted by Gasteiger charge is 2.29. The number of carbonyl (C=O) groups is 2. The number of hydrogen-bond donors (Lipinski definition) is 0. The summed E-state index contributed by atoms with van der Waals surface area (Å²) in [7, 11) is 0. The van der Waals surface area contributed by atoms with Crippen molar-refractivity contribution in [3.05, 3.63) is 34.4 Å². The Bertz CT molecular complexity index is 526. The first-order valence-corrected chi connectivity index (χ1v) is 4.88. The predicted octanol–water partition coefficient (Wildman–Crippen LogP) is 2.51. The van der Waals surface area contributed by atoms with Crippen LogP contribution < -0.4 is 0 Å². The second-order valence-electron chi connectivity index (χ2n) is 3.34. The van der Waals surface area contributed by atoms with E-state index in [4.69, 9.17) is 0 Å². The van der Waals surface area contributed by atoms with Crippen molar-refractivity contribution >= 4 is 11.9 Å². The summed E-state index contributed by atoms with van der Waals surface area (Å²) in [6.07, 6.45) is -0.276. The maximum atomic E-state index is 13.4. The zero-order chi connectivity index (χ0) is 14.0. The van der Waals surface area contributed by atoms with Crippen LogP contribution in [0.1, 0.15) is 29.8 Å². The number of ether oxygens (including phenoxy) is 1. The van der Waals surface area contributed by atoms with Gasteiger partial charge in [-0.3, -0.25) is 4.79 Å². The van der Waals surface area contributed by atoms with Crippen LogP contribution in [-0.4, -0.2) is 11.9 Å². The summed E-state index contributed by atoms with van der Waals surface area (Å²) in [5, 5.41) is 0. The largest absolute Gasteiger partial charge is 0.390 e. The molecule has 1 aromatic carbocycles. The molecular formula is C11H8F4O3. The van der Waals surface area contributed by atoms with Crippen LogP contribution in [-0.2, 0) is 16.0 Å². The van der Waals surface area contributed by atoms with Crippen molar-refractivity contribution in [2.75, 3.05) is 0 Å². The summed E-state index contributed by atoms with van der Waals surface area (Å²) >= 11 is 0. The van der Waals surface area contributed by atoms with Gasteiger partial charge in [-0.15, -0.1) is 0 Å². The summed E-state index contributed by atoms with van der Waals surface area (Å²) < 4.78 is 56.7. The third-order valence-electron chi connectivity index (χ3n) is 2.16. The number of benzene rings is 1. The molecule has 0 radical (unpaired) electrons. The van der Waals surface area contributed by atoms with E-state index >= 15 is 0 Å². The first-order valence-electron chi connectivity index (χ1n) is 4.88. The van der Waals surface area contributed by atoms with Crippen LogP contribution in [0.15, 0.2) is 0 Å². The SMILES string of the molecule is CCc1c(F)c(F)c(F)c(F)c1C(=O)OC(C)=O. The van der Waals surface area contributed by atoms with Crippen LogP contribution in [0.4, 0.5) is 17.6 Å². The minimum Gasteiger partial charge on any atom is -0.390 e. The monoisotopic (exact) mass is 264 g/mol. The van der Waals surface area contributed by atoms with E-state index in [2.05, 4.69) is 4.74 Å². The van der Waals surface area contributed by atoms with Gasteiger partial charge in [-0.1, -0.05) is 6.92 Å². The summed E-state index contributed by atoms with van der Waals surface area (Å²) in [5.74, 6) is -10.3. The highest BCUT2D eigenvalue weighted by Crippen LogP contribution is 2.25. The fourth-order valence-electron chi connectivity index (χ4n) is 1.40. The number of rotatable bonds is 2. The molecule has 3 nitrogen and oxygen atoms in total. The van der Waals surface area contributed by atoms with Gasteiger partial charge in [-0.05, 0) is 6.42 Å². The van der Waals surface area contributed by atoms with Gasteiger partial charge < -0.3 is 4.74 Å². The maximum absolute atomic E-state index is 13.4. The smallest absolute Gasteiger partial charge is 0.349 e. The van der Waals surface area contributed by atoms with E-state index in [1.54, 1.807) is 0 Å². The second-order valence-corrected chi connectivity index (χ2v) is 3.34. The van der Waals surface area contributed by atoms with Crippen LogP contribution >= 0.6 is 0 Å². The molecule has 18 heavy (non-hydrogen) atoms. The number of carbonyl (C=O) groups excluding carboxylic acids is 2. The van der Waals surface area contributed by atoms with Crippen molar-refractivity contribution in [3.8, 4) is 0 Å². The molecule has 98 valence electrons. The summed E-state index contributed by atoms with van der Waals surface area (Å²) in [6.45, 7) is 2.16. The van der Waals surface area contributed by atoms with Gasteiger partial charge in [0, 0.05) is 12.5 Å². The van der Waals surface area contributed by atoms with Gasteiger partial charge in [0.1, 0.15) is 5.56 Å². The molecule has 1 aromatic rings. The Morgan fingerprint density at radius 1 is 1.00 bits per heavy atom. The van der Waals surface area contributed by atoms with E-state index < -0.39 is 46.3 Å². The van der Waals surface area contributed by atoms with Gasteiger partial charge in [0.15, 0.2) is 23.3 Å². The second kappa shape index (κ2) is 5.16. The van der Waals surface area contributed by atoms with Gasteiger partial charge in [0.25, 0.3) is 0 Å². The fraction of sp³-hybridized carbons (Fsp3) is 0.273.